The molecule has 1 rings (SSSR count). The van der Waals surface area contributed by atoms with E-state index in [0.717, 1.165) is 25.1 Å². The second-order valence-corrected chi connectivity index (χ2v) is 5.10. The van der Waals surface area contributed by atoms with Gasteiger partial charge in [-0.25, -0.2) is 4.98 Å². The molecule has 0 spiro atoms. The Balaban J connectivity index is 2.65. The van der Waals surface area contributed by atoms with E-state index in [4.69, 9.17) is 0 Å². The Morgan fingerprint density at radius 2 is 2.21 bits per heavy atom. The molecule has 0 fully saturated rings. The monoisotopic (exact) mass is 267 g/mol. The van der Waals surface area contributed by atoms with Gasteiger partial charge in [0.15, 0.2) is 0 Å². The molecule has 108 valence electrons. The number of nitrogens with zero attached hydrogens (tertiary/aromatic N) is 2. The highest BCUT2D eigenvalue weighted by atomic mass is 16.4. The van der Waals surface area contributed by atoms with Gasteiger partial charge in [-0.2, -0.15) is 0 Å². The topological polar surface area (TPSA) is 67.2 Å². The molecule has 1 aromatic rings. The Morgan fingerprint density at radius 1 is 1.47 bits per heavy atom. The van der Waals surface area contributed by atoms with Gasteiger partial charge in [0, 0.05) is 25.4 Å². The minimum atomic E-state index is -0.871. The fourth-order valence-corrected chi connectivity index (χ4v) is 2.01. The number of carbonyl (C=O) groups is 1. The SMILES string of the molecule is CCCNC(C)(CCn1ccnc1CCC)C(=O)O. The van der Waals surface area contributed by atoms with E-state index in [1.165, 1.54) is 0 Å². The van der Waals surface area contributed by atoms with Gasteiger partial charge in [-0.15, -0.1) is 0 Å². The average molecular weight is 267 g/mol. The number of rotatable bonds is 9. The van der Waals surface area contributed by atoms with Crippen LogP contribution in [0.2, 0.25) is 0 Å². The summed E-state index contributed by atoms with van der Waals surface area (Å²) >= 11 is 0. The van der Waals surface area contributed by atoms with Crippen molar-refractivity contribution in [2.75, 3.05) is 6.54 Å². The first-order chi connectivity index (χ1) is 9.03. The third kappa shape index (κ3) is 4.35. The highest BCUT2D eigenvalue weighted by Gasteiger charge is 2.31. The second kappa shape index (κ2) is 7.28. The van der Waals surface area contributed by atoms with Gasteiger partial charge in [-0.1, -0.05) is 13.8 Å². The van der Waals surface area contributed by atoms with Crippen molar-refractivity contribution in [1.82, 2.24) is 14.9 Å². The molecule has 1 unspecified atom stereocenters. The van der Waals surface area contributed by atoms with Gasteiger partial charge in [-0.05, 0) is 32.7 Å². The number of carboxylic acids is 1. The van der Waals surface area contributed by atoms with Crippen molar-refractivity contribution in [1.29, 1.82) is 0 Å². The Hall–Kier alpha value is -1.36. The molecule has 1 heterocycles. The predicted octanol–water partition coefficient (Wildman–Crippen LogP) is 2.07. The fraction of sp³-hybridized carbons (Fsp3) is 0.714. The standard InChI is InChI=1S/C14H25N3O2/c1-4-6-12-15-9-11-17(12)10-7-14(3,13(18)19)16-8-5-2/h9,11,16H,4-8,10H2,1-3H3,(H,18,19). The van der Waals surface area contributed by atoms with Crippen LogP contribution in [0.15, 0.2) is 12.4 Å². The first-order valence-electron chi connectivity index (χ1n) is 7.02. The third-order valence-corrected chi connectivity index (χ3v) is 3.37. The van der Waals surface area contributed by atoms with Crippen LogP contribution in [0.25, 0.3) is 0 Å². The minimum absolute atomic E-state index is 0.551. The average Bonchev–Trinajstić information content (AvgIpc) is 2.82. The van der Waals surface area contributed by atoms with Gasteiger partial charge in [0.1, 0.15) is 11.4 Å². The van der Waals surface area contributed by atoms with Crippen LogP contribution in [0.4, 0.5) is 0 Å². The number of aliphatic carboxylic acids is 1. The van der Waals surface area contributed by atoms with Gasteiger partial charge in [0.05, 0.1) is 0 Å². The largest absolute Gasteiger partial charge is 0.480 e. The zero-order valence-corrected chi connectivity index (χ0v) is 12.1. The van der Waals surface area contributed by atoms with E-state index in [2.05, 4.69) is 21.8 Å². The summed E-state index contributed by atoms with van der Waals surface area (Å²) < 4.78 is 2.05. The predicted molar refractivity (Wildman–Crippen MR) is 75.2 cm³/mol. The lowest BCUT2D eigenvalue weighted by Gasteiger charge is -2.26. The van der Waals surface area contributed by atoms with Crippen molar-refractivity contribution in [3.8, 4) is 0 Å². The molecule has 1 atom stereocenters. The summed E-state index contributed by atoms with van der Waals surface area (Å²) in [5, 5.41) is 12.5. The number of imidazole rings is 1. The molecule has 5 heteroatoms. The quantitative estimate of drug-likeness (QED) is 0.719. The summed E-state index contributed by atoms with van der Waals surface area (Å²) in [7, 11) is 0. The molecule has 0 aromatic carbocycles. The first kappa shape index (κ1) is 15.7. The van der Waals surface area contributed by atoms with Crippen LogP contribution < -0.4 is 5.32 Å². The van der Waals surface area contributed by atoms with E-state index >= 15 is 0 Å². The van der Waals surface area contributed by atoms with Crippen LogP contribution in [0.1, 0.15) is 45.9 Å². The van der Waals surface area contributed by atoms with Crippen molar-refractivity contribution < 1.29 is 9.90 Å². The maximum absolute atomic E-state index is 11.4. The van der Waals surface area contributed by atoms with Crippen LogP contribution in [0.5, 0.6) is 0 Å². The van der Waals surface area contributed by atoms with E-state index in [-0.39, 0.29) is 0 Å². The molecule has 0 aliphatic rings. The molecule has 0 saturated heterocycles. The van der Waals surface area contributed by atoms with Crippen LogP contribution in [0, 0.1) is 0 Å². The van der Waals surface area contributed by atoms with Crippen molar-refractivity contribution in [2.24, 2.45) is 0 Å². The number of hydrogen-bond acceptors (Lipinski definition) is 3. The van der Waals surface area contributed by atoms with Gasteiger partial charge in [0.25, 0.3) is 0 Å². The molecule has 1 aromatic heterocycles. The first-order valence-corrected chi connectivity index (χ1v) is 7.02. The second-order valence-electron chi connectivity index (χ2n) is 5.10. The smallest absolute Gasteiger partial charge is 0.323 e. The maximum Gasteiger partial charge on any atom is 0.323 e. The van der Waals surface area contributed by atoms with Gasteiger partial charge in [0.2, 0.25) is 0 Å². The normalized spacial score (nSPS) is 14.3. The molecule has 0 aliphatic carbocycles. The third-order valence-electron chi connectivity index (χ3n) is 3.37. The molecule has 19 heavy (non-hydrogen) atoms. The zero-order chi connectivity index (χ0) is 14.3. The van der Waals surface area contributed by atoms with Crippen molar-refractivity contribution >= 4 is 5.97 Å². The molecular weight excluding hydrogens is 242 g/mol. The summed E-state index contributed by atoms with van der Waals surface area (Å²) in [4.78, 5) is 15.7. The van der Waals surface area contributed by atoms with E-state index in [1.807, 2.05) is 13.1 Å². The van der Waals surface area contributed by atoms with Crippen LogP contribution in [0.3, 0.4) is 0 Å². The molecule has 0 saturated carbocycles. The lowest BCUT2D eigenvalue weighted by Crippen LogP contribution is -2.50. The van der Waals surface area contributed by atoms with Crippen LogP contribution >= 0.6 is 0 Å². The van der Waals surface area contributed by atoms with E-state index in [0.29, 0.717) is 19.5 Å². The molecule has 0 aliphatic heterocycles. The van der Waals surface area contributed by atoms with Crippen LogP contribution in [-0.2, 0) is 17.8 Å². The molecule has 5 nitrogen and oxygen atoms in total. The fourth-order valence-electron chi connectivity index (χ4n) is 2.01. The molecule has 2 N–H and O–H groups in total. The summed E-state index contributed by atoms with van der Waals surface area (Å²) in [6, 6.07) is 0. The van der Waals surface area contributed by atoms with E-state index < -0.39 is 11.5 Å². The van der Waals surface area contributed by atoms with Gasteiger partial charge < -0.3 is 15.0 Å². The summed E-state index contributed by atoms with van der Waals surface area (Å²) in [5.41, 5.74) is -0.871. The molecule has 0 bridgehead atoms. The Morgan fingerprint density at radius 3 is 2.79 bits per heavy atom. The number of nitrogens with one attached hydrogen (secondary N) is 1. The highest BCUT2D eigenvalue weighted by Crippen LogP contribution is 2.13. The minimum Gasteiger partial charge on any atom is -0.480 e. The van der Waals surface area contributed by atoms with E-state index in [1.54, 1.807) is 13.1 Å². The van der Waals surface area contributed by atoms with E-state index in [9.17, 15) is 9.90 Å². The summed E-state index contributed by atoms with van der Waals surface area (Å²) in [6.07, 6.45) is 7.15. The Labute approximate surface area is 115 Å². The molecular formula is C14H25N3O2. The zero-order valence-electron chi connectivity index (χ0n) is 12.1. The van der Waals surface area contributed by atoms with Crippen LogP contribution in [-0.4, -0.2) is 32.7 Å². The lowest BCUT2D eigenvalue weighted by molar-refractivity contribution is -0.144. The highest BCUT2D eigenvalue weighted by molar-refractivity contribution is 5.78. The van der Waals surface area contributed by atoms with Crippen molar-refractivity contribution in [2.45, 2.75) is 58.5 Å². The number of aryl methyl sites for hydroxylation is 2. The number of hydrogen-bond donors (Lipinski definition) is 2. The maximum atomic E-state index is 11.4. The molecule has 0 amide bonds. The van der Waals surface area contributed by atoms with Crippen molar-refractivity contribution in [3.63, 3.8) is 0 Å². The lowest BCUT2D eigenvalue weighted by atomic mass is 9.97. The summed E-state index contributed by atoms with van der Waals surface area (Å²) in [6.45, 7) is 7.29. The number of aromatic nitrogens is 2. The van der Waals surface area contributed by atoms with Crippen molar-refractivity contribution in [3.05, 3.63) is 18.2 Å². The number of carboxylic acid groups (broad SMARTS) is 1. The van der Waals surface area contributed by atoms with Gasteiger partial charge >= 0.3 is 5.97 Å². The Bertz CT molecular complexity index is 403. The van der Waals surface area contributed by atoms with Gasteiger partial charge in [-0.3, -0.25) is 4.79 Å². The Kier molecular flexibility index (Phi) is 6.02. The summed E-state index contributed by atoms with van der Waals surface area (Å²) in [5.74, 6) is 0.240. The molecule has 0 radical (unpaired) electrons.